The van der Waals surface area contributed by atoms with E-state index in [2.05, 4.69) is 14.9 Å². The number of fused-ring (bicyclic) bond motifs is 1. The van der Waals surface area contributed by atoms with Crippen LogP contribution < -0.4 is 5.32 Å². The van der Waals surface area contributed by atoms with Crippen LogP contribution in [0.1, 0.15) is 21.7 Å². The summed E-state index contributed by atoms with van der Waals surface area (Å²) in [4.78, 5) is 21.0. The molecule has 0 saturated heterocycles. The van der Waals surface area contributed by atoms with Crippen molar-refractivity contribution >= 4 is 40.1 Å². The molecule has 1 amide bonds. The number of hydrogen-bond donors (Lipinski definition) is 1. The molecule has 2 aromatic heterocycles. The van der Waals surface area contributed by atoms with E-state index < -0.39 is 0 Å². The second kappa shape index (κ2) is 8.64. The number of hydrogen-bond acceptors (Lipinski definition) is 3. The zero-order valence-corrected chi connectivity index (χ0v) is 17.0. The lowest BCUT2D eigenvalue weighted by atomic mass is 10.2. The number of aromatic nitrogens is 3. The minimum Gasteiger partial charge on any atom is -0.352 e. The number of carbonyl (C=O) groups excluding carboxylic acids is 1. The lowest BCUT2D eigenvalue weighted by Crippen LogP contribution is -2.26. The van der Waals surface area contributed by atoms with Crippen molar-refractivity contribution < 1.29 is 4.79 Å². The molecule has 0 atom stereocenters. The number of imidazole rings is 1. The molecule has 29 heavy (non-hydrogen) atoms. The van der Waals surface area contributed by atoms with Crippen molar-refractivity contribution in [1.82, 2.24) is 19.9 Å². The molecule has 7 heteroatoms. The first kappa shape index (κ1) is 19.4. The van der Waals surface area contributed by atoms with Gasteiger partial charge in [0.05, 0.1) is 23.1 Å². The Morgan fingerprint density at radius 3 is 2.72 bits per heavy atom. The van der Waals surface area contributed by atoms with E-state index in [4.69, 9.17) is 28.2 Å². The van der Waals surface area contributed by atoms with Crippen LogP contribution in [0.15, 0.2) is 67.0 Å². The van der Waals surface area contributed by atoms with Crippen LogP contribution in [0, 0.1) is 0 Å². The quantitative estimate of drug-likeness (QED) is 0.485. The number of nitrogens with zero attached hydrogens (tertiary/aromatic N) is 3. The van der Waals surface area contributed by atoms with Crippen molar-refractivity contribution in [3.05, 3.63) is 94.0 Å². The van der Waals surface area contributed by atoms with E-state index in [1.54, 1.807) is 30.6 Å². The van der Waals surface area contributed by atoms with Crippen LogP contribution >= 0.6 is 23.2 Å². The van der Waals surface area contributed by atoms with Crippen molar-refractivity contribution in [2.45, 2.75) is 13.0 Å². The Morgan fingerprint density at radius 2 is 1.93 bits per heavy atom. The molecule has 146 valence electrons. The lowest BCUT2D eigenvalue weighted by Gasteiger charge is -2.12. The van der Waals surface area contributed by atoms with Gasteiger partial charge in [0.25, 0.3) is 5.91 Å². The molecule has 5 nitrogen and oxygen atoms in total. The first-order chi connectivity index (χ1) is 14.1. The van der Waals surface area contributed by atoms with Crippen molar-refractivity contribution in [3.63, 3.8) is 0 Å². The highest BCUT2D eigenvalue weighted by molar-refractivity contribution is 6.35. The van der Waals surface area contributed by atoms with E-state index >= 15 is 0 Å². The summed E-state index contributed by atoms with van der Waals surface area (Å²) in [6.45, 7) is 1.04. The van der Waals surface area contributed by atoms with E-state index in [1.165, 1.54) is 0 Å². The molecule has 0 saturated carbocycles. The fourth-order valence-corrected chi connectivity index (χ4v) is 3.67. The van der Waals surface area contributed by atoms with Crippen molar-refractivity contribution in [1.29, 1.82) is 0 Å². The standard InChI is InChI=1S/C22H18Cl2N4O/c23-17-8-7-16(18(24)12-17)14-28-20-6-2-1-5-19(20)27-21(28)9-11-26-22(29)15-4-3-10-25-13-15/h1-8,10,12-13H,9,11,14H2,(H,26,29). The van der Waals surface area contributed by atoms with Gasteiger partial charge in [0, 0.05) is 35.4 Å². The molecular weight excluding hydrogens is 407 g/mol. The normalized spacial score (nSPS) is 11.0. The average Bonchev–Trinajstić information content (AvgIpc) is 3.08. The lowest BCUT2D eigenvalue weighted by molar-refractivity contribution is 0.0953. The van der Waals surface area contributed by atoms with Gasteiger partial charge in [0.2, 0.25) is 0 Å². The van der Waals surface area contributed by atoms with Gasteiger partial charge in [0.15, 0.2) is 0 Å². The zero-order chi connectivity index (χ0) is 20.2. The predicted molar refractivity (Wildman–Crippen MR) is 116 cm³/mol. The molecular formula is C22H18Cl2N4O. The second-order valence-electron chi connectivity index (χ2n) is 6.59. The molecule has 0 bridgehead atoms. The Bertz CT molecular complexity index is 1160. The summed E-state index contributed by atoms with van der Waals surface area (Å²) in [6, 6.07) is 16.9. The van der Waals surface area contributed by atoms with Crippen LogP contribution in [-0.2, 0) is 13.0 Å². The summed E-state index contributed by atoms with van der Waals surface area (Å²) < 4.78 is 2.13. The Hall–Kier alpha value is -2.89. The number of nitrogens with one attached hydrogen (secondary N) is 1. The highest BCUT2D eigenvalue weighted by Crippen LogP contribution is 2.24. The number of para-hydroxylation sites is 2. The van der Waals surface area contributed by atoms with Gasteiger partial charge < -0.3 is 9.88 Å². The van der Waals surface area contributed by atoms with Gasteiger partial charge >= 0.3 is 0 Å². The van der Waals surface area contributed by atoms with E-state index in [9.17, 15) is 4.79 Å². The van der Waals surface area contributed by atoms with Crippen molar-refractivity contribution in [3.8, 4) is 0 Å². The summed E-state index contributed by atoms with van der Waals surface area (Å²) in [5.74, 6) is 0.727. The summed E-state index contributed by atoms with van der Waals surface area (Å²) in [5, 5.41) is 4.15. The smallest absolute Gasteiger partial charge is 0.252 e. The number of carbonyl (C=O) groups is 1. The van der Waals surface area contributed by atoms with Crippen LogP contribution in [0.25, 0.3) is 11.0 Å². The molecule has 1 N–H and O–H groups in total. The van der Waals surface area contributed by atoms with E-state index in [1.807, 2.05) is 36.4 Å². The van der Waals surface area contributed by atoms with Gasteiger partial charge in [0.1, 0.15) is 5.82 Å². The highest BCUT2D eigenvalue weighted by Gasteiger charge is 2.13. The Morgan fingerprint density at radius 1 is 1.07 bits per heavy atom. The highest BCUT2D eigenvalue weighted by atomic mass is 35.5. The SMILES string of the molecule is O=C(NCCc1nc2ccccc2n1Cc1ccc(Cl)cc1Cl)c1cccnc1. The Labute approximate surface area is 178 Å². The summed E-state index contributed by atoms with van der Waals surface area (Å²) in [7, 11) is 0. The maximum atomic E-state index is 12.3. The average molecular weight is 425 g/mol. The molecule has 4 aromatic rings. The van der Waals surface area contributed by atoms with Gasteiger partial charge in [-0.25, -0.2) is 4.98 Å². The maximum absolute atomic E-state index is 12.3. The summed E-state index contributed by atoms with van der Waals surface area (Å²) in [6.07, 6.45) is 3.78. The fraction of sp³-hybridized carbons (Fsp3) is 0.136. The zero-order valence-electron chi connectivity index (χ0n) is 15.5. The monoisotopic (exact) mass is 424 g/mol. The molecule has 4 rings (SSSR count). The van der Waals surface area contributed by atoms with Crippen LogP contribution in [0.3, 0.4) is 0 Å². The Balaban J connectivity index is 1.56. The topological polar surface area (TPSA) is 59.8 Å². The number of rotatable bonds is 6. The first-order valence-electron chi connectivity index (χ1n) is 9.18. The van der Waals surface area contributed by atoms with Gasteiger partial charge in [-0.2, -0.15) is 0 Å². The third-order valence-electron chi connectivity index (χ3n) is 4.64. The summed E-state index contributed by atoms with van der Waals surface area (Å²) in [5.41, 5.74) is 3.42. The summed E-state index contributed by atoms with van der Waals surface area (Å²) >= 11 is 12.4. The van der Waals surface area contributed by atoms with Crippen LogP contribution in [-0.4, -0.2) is 27.0 Å². The van der Waals surface area contributed by atoms with Crippen molar-refractivity contribution in [2.24, 2.45) is 0 Å². The number of halogens is 2. The molecule has 0 unspecified atom stereocenters. The minimum atomic E-state index is -0.151. The third-order valence-corrected chi connectivity index (χ3v) is 5.22. The van der Waals surface area contributed by atoms with Crippen LogP contribution in [0.4, 0.5) is 0 Å². The molecule has 0 aliphatic carbocycles. The van der Waals surface area contributed by atoms with Gasteiger partial charge in [-0.05, 0) is 42.0 Å². The van der Waals surface area contributed by atoms with Gasteiger partial charge in [-0.1, -0.05) is 41.4 Å². The van der Waals surface area contributed by atoms with Crippen molar-refractivity contribution in [2.75, 3.05) is 6.54 Å². The molecule has 2 aromatic carbocycles. The van der Waals surface area contributed by atoms with Crippen LogP contribution in [0.5, 0.6) is 0 Å². The Kier molecular flexibility index (Phi) is 5.79. The maximum Gasteiger partial charge on any atom is 0.252 e. The number of benzene rings is 2. The van der Waals surface area contributed by atoms with E-state index in [0.29, 0.717) is 35.1 Å². The molecule has 0 aliphatic heterocycles. The van der Waals surface area contributed by atoms with Crippen LogP contribution in [0.2, 0.25) is 10.0 Å². The molecule has 0 radical (unpaired) electrons. The third kappa shape index (κ3) is 4.42. The molecule has 0 aliphatic rings. The minimum absolute atomic E-state index is 0.151. The van der Waals surface area contributed by atoms with E-state index in [0.717, 1.165) is 22.4 Å². The fourth-order valence-electron chi connectivity index (χ4n) is 3.20. The predicted octanol–water partition coefficient (Wildman–Crippen LogP) is 4.76. The van der Waals surface area contributed by atoms with Gasteiger partial charge in [-0.3, -0.25) is 9.78 Å². The largest absolute Gasteiger partial charge is 0.352 e. The molecule has 0 fully saturated rings. The second-order valence-corrected chi connectivity index (χ2v) is 7.43. The first-order valence-corrected chi connectivity index (χ1v) is 9.94. The number of pyridine rings is 1. The number of amides is 1. The van der Waals surface area contributed by atoms with E-state index in [-0.39, 0.29) is 5.91 Å². The molecule has 2 heterocycles. The molecule has 0 spiro atoms. The van der Waals surface area contributed by atoms with Gasteiger partial charge in [-0.15, -0.1) is 0 Å².